The first-order chi connectivity index (χ1) is 22.2. The molecule has 4 aromatic carbocycles. The van der Waals surface area contributed by atoms with Gasteiger partial charge in [-0.15, -0.1) is 0 Å². The van der Waals surface area contributed by atoms with Crippen LogP contribution in [0.3, 0.4) is 0 Å². The summed E-state index contributed by atoms with van der Waals surface area (Å²) in [5.41, 5.74) is 3.16. The molecule has 0 atom stereocenters. The van der Waals surface area contributed by atoms with Gasteiger partial charge in [0.15, 0.2) is 0 Å². The van der Waals surface area contributed by atoms with Crippen molar-refractivity contribution < 1.29 is 47.6 Å². The maximum atomic E-state index is 12.0. The maximum absolute atomic E-state index is 12.0. The minimum atomic E-state index is -0.581. The number of hydrogen-bond donors (Lipinski definition) is 0. The zero-order valence-corrected chi connectivity index (χ0v) is 25.5. The average Bonchev–Trinajstić information content (AvgIpc) is 3.11. The van der Waals surface area contributed by atoms with Crippen molar-refractivity contribution in [1.82, 2.24) is 0 Å². The minimum absolute atomic E-state index is 0.0905. The van der Waals surface area contributed by atoms with E-state index < -0.39 is 23.9 Å². The SMILES string of the molecule is COC(=O)c1cc(COc2ccc(N=Nc3ccc(OCc4cc(C(=O)OC)cc(C(=O)OC)c4)cc3)cc2)cc(C(=O)OC)c1. The van der Waals surface area contributed by atoms with Gasteiger partial charge in [-0.3, -0.25) is 0 Å². The van der Waals surface area contributed by atoms with Crippen LogP contribution < -0.4 is 9.47 Å². The summed E-state index contributed by atoms with van der Waals surface area (Å²) in [6.45, 7) is 0.181. The number of hydrogen-bond acceptors (Lipinski definition) is 12. The van der Waals surface area contributed by atoms with Crippen LogP contribution in [0.25, 0.3) is 0 Å². The third-order valence-electron chi connectivity index (χ3n) is 6.44. The molecule has 236 valence electrons. The Bertz CT molecular complexity index is 1550. The summed E-state index contributed by atoms with van der Waals surface area (Å²) in [6.07, 6.45) is 0. The van der Waals surface area contributed by atoms with E-state index in [4.69, 9.17) is 28.4 Å². The zero-order valence-electron chi connectivity index (χ0n) is 25.5. The van der Waals surface area contributed by atoms with E-state index in [1.807, 2.05) is 0 Å². The fourth-order valence-electron chi connectivity index (χ4n) is 4.16. The van der Waals surface area contributed by atoms with Gasteiger partial charge in [0.25, 0.3) is 0 Å². The number of azo groups is 1. The van der Waals surface area contributed by atoms with Gasteiger partial charge in [-0.25, -0.2) is 19.2 Å². The van der Waals surface area contributed by atoms with E-state index in [-0.39, 0.29) is 35.5 Å². The van der Waals surface area contributed by atoms with Crippen LogP contribution in [0.1, 0.15) is 52.6 Å². The average molecular weight is 627 g/mol. The molecule has 0 radical (unpaired) electrons. The maximum Gasteiger partial charge on any atom is 0.337 e. The Kier molecular flexibility index (Phi) is 11.2. The van der Waals surface area contributed by atoms with Crippen molar-refractivity contribution in [3.63, 3.8) is 0 Å². The van der Waals surface area contributed by atoms with Crippen LogP contribution in [0, 0.1) is 0 Å². The van der Waals surface area contributed by atoms with E-state index in [2.05, 4.69) is 10.2 Å². The van der Waals surface area contributed by atoms with Gasteiger partial charge in [-0.05, 0) is 96.1 Å². The fraction of sp³-hybridized carbons (Fsp3) is 0.176. The summed E-state index contributed by atoms with van der Waals surface area (Å²) < 4.78 is 30.7. The molecule has 0 fully saturated rings. The first-order valence-electron chi connectivity index (χ1n) is 13.7. The molecule has 0 heterocycles. The lowest BCUT2D eigenvalue weighted by molar-refractivity contribution is 0.0581. The topological polar surface area (TPSA) is 148 Å². The van der Waals surface area contributed by atoms with Gasteiger partial charge < -0.3 is 28.4 Å². The summed E-state index contributed by atoms with van der Waals surface area (Å²) in [7, 11) is 5.03. The molecule has 0 aliphatic rings. The van der Waals surface area contributed by atoms with Gasteiger partial charge in [0.1, 0.15) is 24.7 Å². The lowest BCUT2D eigenvalue weighted by Gasteiger charge is -2.10. The van der Waals surface area contributed by atoms with Crippen LogP contribution in [-0.4, -0.2) is 52.3 Å². The molecular formula is C34H30N2O10. The van der Waals surface area contributed by atoms with Crippen LogP contribution in [0.4, 0.5) is 11.4 Å². The molecule has 4 aromatic rings. The normalized spacial score (nSPS) is 10.6. The van der Waals surface area contributed by atoms with Crippen LogP contribution in [-0.2, 0) is 32.2 Å². The van der Waals surface area contributed by atoms with Crippen molar-refractivity contribution in [3.8, 4) is 11.5 Å². The first kappa shape index (κ1) is 32.9. The third kappa shape index (κ3) is 8.76. The summed E-state index contributed by atoms with van der Waals surface area (Å²) in [5.74, 6) is -1.24. The standard InChI is InChI=1S/C34H30N2O10/c1-41-31(37)23-13-21(14-24(17-23)32(38)42-2)19-45-29-9-5-27(6-10-29)35-36-28-7-11-30(12-8-28)46-20-22-15-25(33(39)43-3)18-26(16-22)34(40)44-4/h5-18H,19-20H2,1-4H3. The number of carbonyl (C=O) groups excluding carboxylic acids is 4. The molecule has 0 saturated heterocycles. The molecule has 0 N–H and O–H groups in total. The summed E-state index contributed by atoms with van der Waals surface area (Å²) in [4.78, 5) is 48.1. The molecule has 0 aromatic heterocycles. The van der Waals surface area contributed by atoms with Crippen LogP contribution in [0.15, 0.2) is 95.2 Å². The van der Waals surface area contributed by atoms with Gasteiger partial charge in [0.2, 0.25) is 0 Å². The lowest BCUT2D eigenvalue weighted by atomic mass is 10.1. The first-order valence-corrected chi connectivity index (χ1v) is 13.7. The second-order valence-electron chi connectivity index (χ2n) is 9.57. The summed E-state index contributed by atoms with van der Waals surface area (Å²) >= 11 is 0. The van der Waals surface area contributed by atoms with Gasteiger partial charge in [0, 0.05) is 0 Å². The minimum Gasteiger partial charge on any atom is -0.489 e. The van der Waals surface area contributed by atoms with Crippen LogP contribution in [0.2, 0.25) is 0 Å². The Morgan fingerprint density at radius 2 is 0.739 bits per heavy atom. The molecule has 0 bridgehead atoms. The zero-order chi connectivity index (χ0) is 33.1. The van der Waals surface area contributed by atoms with Crippen molar-refractivity contribution in [2.45, 2.75) is 13.2 Å². The number of methoxy groups -OCH3 is 4. The van der Waals surface area contributed by atoms with E-state index in [1.54, 1.807) is 72.8 Å². The highest BCUT2D eigenvalue weighted by molar-refractivity contribution is 5.96. The quantitative estimate of drug-likeness (QED) is 0.0981. The van der Waals surface area contributed by atoms with Crippen molar-refractivity contribution in [2.24, 2.45) is 10.2 Å². The van der Waals surface area contributed by atoms with Crippen LogP contribution in [0.5, 0.6) is 11.5 Å². The molecular weight excluding hydrogens is 596 g/mol. The second kappa shape index (κ2) is 15.6. The smallest absolute Gasteiger partial charge is 0.337 e. The molecule has 0 aliphatic heterocycles. The molecule has 0 spiro atoms. The lowest BCUT2D eigenvalue weighted by Crippen LogP contribution is -2.09. The number of benzene rings is 4. The predicted molar refractivity (Wildman–Crippen MR) is 164 cm³/mol. The van der Waals surface area contributed by atoms with Gasteiger partial charge in [-0.2, -0.15) is 10.2 Å². The van der Waals surface area contributed by atoms with E-state index in [9.17, 15) is 19.2 Å². The van der Waals surface area contributed by atoms with E-state index in [1.165, 1.54) is 40.6 Å². The fourth-order valence-corrected chi connectivity index (χ4v) is 4.16. The third-order valence-corrected chi connectivity index (χ3v) is 6.44. The molecule has 0 amide bonds. The number of carbonyl (C=O) groups is 4. The largest absolute Gasteiger partial charge is 0.489 e. The van der Waals surface area contributed by atoms with Crippen molar-refractivity contribution >= 4 is 35.3 Å². The molecule has 46 heavy (non-hydrogen) atoms. The summed E-state index contributed by atoms with van der Waals surface area (Å²) in [5, 5.41) is 8.49. The molecule has 12 heteroatoms. The van der Waals surface area contributed by atoms with Gasteiger partial charge in [-0.1, -0.05) is 0 Å². The Labute approximate surface area is 264 Å². The molecule has 12 nitrogen and oxygen atoms in total. The van der Waals surface area contributed by atoms with Gasteiger partial charge >= 0.3 is 23.9 Å². The van der Waals surface area contributed by atoms with Crippen molar-refractivity contribution in [3.05, 3.63) is 118 Å². The molecule has 0 saturated carbocycles. The Balaban J connectivity index is 1.35. The van der Waals surface area contributed by atoms with E-state index in [0.717, 1.165) is 0 Å². The second-order valence-corrected chi connectivity index (χ2v) is 9.57. The molecule has 0 unspecified atom stereocenters. The number of rotatable bonds is 12. The molecule has 0 aliphatic carbocycles. The number of nitrogens with zero attached hydrogens (tertiary/aromatic N) is 2. The van der Waals surface area contributed by atoms with E-state index in [0.29, 0.717) is 34.0 Å². The predicted octanol–water partition coefficient (Wildman–Crippen LogP) is 6.41. The Hall–Kier alpha value is -6.04. The summed E-state index contributed by atoms with van der Waals surface area (Å²) in [6, 6.07) is 22.9. The van der Waals surface area contributed by atoms with E-state index >= 15 is 0 Å². The number of ether oxygens (including phenoxy) is 6. The molecule has 4 rings (SSSR count). The highest BCUT2D eigenvalue weighted by Gasteiger charge is 2.15. The highest BCUT2D eigenvalue weighted by atomic mass is 16.5. The number of esters is 4. The van der Waals surface area contributed by atoms with Crippen molar-refractivity contribution in [1.29, 1.82) is 0 Å². The Morgan fingerprint density at radius 1 is 0.457 bits per heavy atom. The van der Waals surface area contributed by atoms with Crippen LogP contribution >= 0.6 is 0 Å². The monoisotopic (exact) mass is 626 g/mol. The highest BCUT2D eigenvalue weighted by Crippen LogP contribution is 2.25. The van der Waals surface area contributed by atoms with Crippen molar-refractivity contribution in [2.75, 3.05) is 28.4 Å². The Morgan fingerprint density at radius 3 is 1.00 bits per heavy atom. The van der Waals surface area contributed by atoms with Gasteiger partial charge in [0.05, 0.1) is 62.1 Å².